The molecule has 0 aliphatic carbocycles. The second-order valence-electron chi connectivity index (χ2n) is 24.6. The second-order valence-corrected chi connectivity index (χ2v) is 24.6. The Labute approximate surface area is 568 Å². The summed E-state index contributed by atoms with van der Waals surface area (Å²) in [5.74, 6) is -0.316. The van der Waals surface area contributed by atoms with Crippen LogP contribution < -0.4 is 5.32 Å². The smallest absolute Gasteiger partial charge is 0.220 e. The van der Waals surface area contributed by atoms with Crippen molar-refractivity contribution in [3.05, 3.63) is 146 Å². The molecule has 0 aromatic heterocycles. The molecule has 0 saturated carbocycles. The normalized spacial score (nSPS) is 28.1. The Morgan fingerprint density at radius 3 is 1.18 bits per heavy atom. The molecular formula is C76H123NO18. The Balaban J connectivity index is 1.43. The summed E-state index contributed by atoms with van der Waals surface area (Å²) in [6.45, 7) is 1.54. The topological polar surface area (TPSA) is 307 Å². The Bertz CT molecular complexity index is 2290. The van der Waals surface area contributed by atoms with Gasteiger partial charge in [0.1, 0.15) is 73.2 Å². The number of carbonyl (C=O) groups excluding carboxylic acids is 1. The van der Waals surface area contributed by atoms with Gasteiger partial charge in [-0.2, -0.15) is 0 Å². The molecular weight excluding hydrogens is 1210 g/mol. The van der Waals surface area contributed by atoms with Gasteiger partial charge >= 0.3 is 0 Å². The van der Waals surface area contributed by atoms with Gasteiger partial charge in [-0.05, 0) is 116 Å². The van der Waals surface area contributed by atoms with Crippen LogP contribution in [0.15, 0.2) is 146 Å². The van der Waals surface area contributed by atoms with Crippen molar-refractivity contribution < 1.29 is 89.4 Å². The average molecular weight is 1340 g/mol. The van der Waals surface area contributed by atoms with Crippen LogP contribution in [0.2, 0.25) is 0 Å². The fourth-order valence-electron chi connectivity index (χ4n) is 10.9. The number of hydrogen-bond acceptors (Lipinski definition) is 18. The highest BCUT2D eigenvalue weighted by molar-refractivity contribution is 5.76. The Morgan fingerprint density at radius 1 is 0.389 bits per heavy atom. The second kappa shape index (κ2) is 55.5. The van der Waals surface area contributed by atoms with E-state index in [1.54, 1.807) is 6.08 Å². The molecule has 19 heteroatoms. The van der Waals surface area contributed by atoms with Crippen LogP contribution in [-0.4, -0.2) is 193 Å². The first-order chi connectivity index (χ1) is 46.3. The summed E-state index contributed by atoms with van der Waals surface area (Å²) < 4.78 is 34.3. The number of aliphatic hydroxyl groups is 11. The molecule has 0 aromatic carbocycles. The van der Waals surface area contributed by atoms with E-state index in [1.165, 1.54) is 44.9 Å². The SMILES string of the molecule is CC/C=C\C/C=C\C/C=C\C/C=C\C/C=C\C/C=C\C/C=C\C/C=C\C/C=C\CCCCCCCC(=O)NC(COC1OC(CO)C(OC2OC(CO)C(OC3OC(CO)C(O)C(O)C3O)C(O)C2O)C(O)C1O)C(O)/C=C/CC/C=C/CC/C=C/CCCCCCCCC. The number of allylic oxidation sites excluding steroid dienone is 23. The zero-order chi connectivity index (χ0) is 68.9. The zero-order valence-corrected chi connectivity index (χ0v) is 57.1. The lowest BCUT2D eigenvalue weighted by molar-refractivity contribution is -0.379. The summed E-state index contributed by atoms with van der Waals surface area (Å²) in [6.07, 6.45) is 52.5. The minimum atomic E-state index is -1.99. The third-order valence-electron chi connectivity index (χ3n) is 16.6. The predicted octanol–water partition coefficient (Wildman–Crippen LogP) is 9.93. The molecule has 3 fully saturated rings. The fraction of sp³-hybridized carbons (Fsp3) is 0.671. The molecule has 0 bridgehead atoms. The van der Waals surface area contributed by atoms with E-state index < -0.39 is 131 Å². The lowest BCUT2D eigenvalue weighted by Gasteiger charge is -2.48. The summed E-state index contributed by atoms with van der Waals surface area (Å²) in [5, 5.41) is 120. The van der Waals surface area contributed by atoms with E-state index in [2.05, 4.69) is 153 Å². The third kappa shape index (κ3) is 36.9. The molecule has 0 spiro atoms. The molecule has 12 N–H and O–H groups in total. The number of rotatable bonds is 52. The maximum absolute atomic E-state index is 13.4. The molecule has 3 rings (SSSR count). The molecule has 17 atom stereocenters. The predicted molar refractivity (Wildman–Crippen MR) is 373 cm³/mol. The summed E-state index contributed by atoms with van der Waals surface area (Å²) in [6, 6.07) is -1.02. The summed E-state index contributed by atoms with van der Waals surface area (Å²) in [5.41, 5.74) is 0. The van der Waals surface area contributed by atoms with Crippen molar-refractivity contribution >= 4 is 5.91 Å². The highest BCUT2D eigenvalue weighted by Crippen LogP contribution is 2.33. The van der Waals surface area contributed by atoms with Gasteiger partial charge in [0.15, 0.2) is 18.9 Å². The Kier molecular flexibility index (Phi) is 49.6. The number of ether oxygens (including phenoxy) is 6. The minimum Gasteiger partial charge on any atom is -0.394 e. The van der Waals surface area contributed by atoms with Crippen LogP contribution in [0, 0.1) is 0 Å². The lowest BCUT2D eigenvalue weighted by atomic mass is 9.96. The number of amides is 1. The highest BCUT2D eigenvalue weighted by Gasteiger charge is 2.53. The first-order valence-corrected chi connectivity index (χ1v) is 35.6. The molecule has 3 aliphatic rings. The number of carbonyl (C=O) groups is 1. The number of unbranched alkanes of at least 4 members (excludes halogenated alkanes) is 14. The van der Waals surface area contributed by atoms with E-state index in [0.717, 1.165) is 116 Å². The van der Waals surface area contributed by atoms with Gasteiger partial charge in [0, 0.05) is 6.42 Å². The van der Waals surface area contributed by atoms with E-state index in [0.29, 0.717) is 12.8 Å². The van der Waals surface area contributed by atoms with Crippen LogP contribution in [0.4, 0.5) is 0 Å². The van der Waals surface area contributed by atoms with Crippen molar-refractivity contribution in [3.63, 3.8) is 0 Å². The van der Waals surface area contributed by atoms with Gasteiger partial charge in [-0.25, -0.2) is 0 Å². The standard InChI is InChI=1S/C76H123NO18/c1-3-5-7-9-11-13-15-17-19-21-22-23-24-25-26-27-28-29-30-31-32-33-34-35-36-38-40-42-44-46-48-50-52-54-64(82)77-59(60(81)53-51-49-47-45-43-41-39-37-20-18-16-14-12-10-8-6-4-2)58-90-74-70(88)67(85)72(62(56-79)92-74)95-76-71(89)68(86)73(63(57-80)93-76)94-75-69(87)66(84)65(83)61(55-78)91-75/h5,7,11,13,17,19-20,22-23,25-26,28-29,31-32,34-35,37-38,40,43,45,51,53,59-63,65-76,78-81,83-89H,3-4,6,8-10,12,14-16,18,21,24,27,30,33,36,39,41-42,44,46-50,52,54-58H2,1-2H3,(H,77,82)/b7-5-,13-11-,19-17-,23-22-,26-25-,29-28-,32-31-,35-34-,37-20+,40-38-,45-43+,53-51+. The molecule has 0 aromatic rings. The van der Waals surface area contributed by atoms with Crippen molar-refractivity contribution in [2.24, 2.45) is 0 Å². The maximum atomic E-state index is 13.4. The minimum absolute atomic E-state index is 0.199. The lowest BCUT2D eigenvalue weighted by Crippen LogP contribution is -2.66. The Morgan fingerprint density at radius 2 is 0.737 bits per heavy atom. The number of hydrogen-bond donors (Lipinski definition) is 12. The third-order valence-corrected chi connectivity index (χ3v) is 16.6. The van der Waals surface area contributed by atoms with Crippen molar-refractivity contribution in [1.29, 1.82) is 0 Å². The number of aliphatic hydroxyl groups excluding tert-OH is 11. The molecule has 540 valence electrons. The van der Waals surface area contributed by atoms with Crippen molar-refractivity contribution in [2.45, 2.75) is 298 Å². The summed E-state index contributed by atoms with van der Waals surface area (Å²) in [4.78, 5) is 13.4. The van der Waals surface area contributed by atoms with E-state index in [1.807, 2.05) is 6.08 Å². The van der Waals surface area contributed by atoms with Crippen LogP contribution >= 0.6 is 0 Å². The van der Waals surface area contributed by atoms with Crippen LogP contribution in [0.5, 0.6) is 0 Å². The molecule has 3 saturated heterocycles. The van der Waals surface area contributed by atoms with E-state index >= 15 is 0 Å². The molecule has 3 heterocycles. The van der Waals surface area contributed by atoms with E-state index in [4.69, 9.17) is 28.4 Å². The van der Waals surface area contributed by atoms with E-state index in [-0.39, 0.29) is 12.3 Å². The van der Waals surface area contributed by atoms with Crippen molar-refractivity contribution in [3.8, 4) is 0 Å². The molecule has 17 unspecified atom stereocenters. The van der Waals surface area contributed by atoms with Crippen LogP contribution in [0.3, 0.4) is 0 Å². The quantitative estimate of drug-likeness (QED) is 0.0199. The summed E-state index contributed by atoms with van der Waals surface area (Å²) >= 11 is 0. The first kappa shape index (κ1) is 84.9. The molecule has 3 aliphatic heterocycles. The average Bonchev–Trinajstić information content (AvgIpc) is 0.786. The maximum Gasteiger partial charge on any atom is 0.220 e. The largest absolute Gasteiger partial charge is 0.394 e. The van der Waals surface area contributed by atoms with Gasteiger partial charge in [0.2, 0.25) is 5.91 Å². The van der Waals surface area contributed by atoms with Crippen LogP contribution in [0.25, 0.3) is 0 Å². The van der Waals surface area contributed by atoms with Gasteiger partial charge in [-0.3, -0.25) is 4.79 Å². The molecule has 19 nitrogen and oxygen atoms in total. The van der Waals surface area contributed by atoms with Gasteiger partial charge in [-0.15, -0.1) is 0 Å². The van der Waals surface area contributed by atoms with Crippen LogP contribution in [-0.2, 0) is 33.2 Å². The molecule has 0 radical (unpaired) electrons. The monoisotopic (exact) mass is 1340 g/mol. The van der Waals surface area contributed by atoms with Gasteiger partial charge < -0.3 is 89.9 Å². The van der Waals surface area contributed by atoms with Crippen molar-refractivity contribution in [1.82, 2.24) is 5.32 Å². The first-order valence-electron chi connectivity index (χ1n) is 35.6. The van der Waals surface area contributed by atoms with Gasteiger partial charge in [0.05, 0.1) is 38.6 Å². The van der Waals surface area contributed by atoms with Crippen LogP contribution in [0.1, 0.15) is 194 Å². The van der Waals surface area contributed by atoms with E-state index in [9.17, 15) is 61.0 Å². The fourth-order valence-corrected chi connectivity index (χ4v) is 10.9. The van der Waals surface area contributed by atoms with Gasteiger partial charge in [-0.1, -0.05) is 217 Å². The van der Waals surface area contributed by atoms with Gasteiger partial charge in [0.25, 0.3) is 0 Å². The highest BCUT2D eigenvalue weighted by atomic mass is 16.8. The Hall–Kier alpha value is -4.33. The van der Waals surface area contributed by atoms with Crippen molar-refractivity contribution in [2.75, 3.05) is 26.4 Å². The summed E-state index contributed by atoms with van der Waals surface area (Å²) in [7, 11) is 0. The zero-order valence-electron chi connectivity index (χ0n) is 57.1. The molecule has 95 heavy (non-hydrogen) atoms. The molecule has 1 amide bonds. The number of nitrogens with one attached hydrogen (secondary N) is 1.